The van der Waals surface area contributed by atoms with Crippen LogP contribution in [0.5, 0.6) is 0 Å². The van der Waals surface area contributed by atoms with E-state index in [0.29, 0.717) is 10.7 Å². The molecular weight excluding hydrogens is 336 g/mol. The van der Waals surface area contributed by atoms with Gasteiger partial charge in [0.1, 0.15) is 0 Å². The van der Waals surface area contributed by atoms with Crippen LogP contribution < -0.4 is 10.2 Å². The van der Waals surface area contributed by atoms with Crippen molar-refractivity contribution < 1.29 is 9.59 Å². The number of hydrogen-bond acceptors (Lipinski definition) is 3. The van der Waals surface area contributed by atoms with E-state index in [9.17, 15) is 9.59 Å². The quantitative estimate of drug-likeness (QED) is 0.841. The number of nitrogens with zero attached hydrogens (tertiary/aromatic N) is 1. The first-order chi connectivity index (χ1) is 12.0. The van der Waals surface area contributed by atoms with E-state index < -0.39 is 0 Å². The first kappa shape index (κ1) is 15.8. The van der Waals surface area contributed by atoms with Crippen molar-refractivity contribution in [2.24, 2.45) is 17.8 Å². The lowest BCUT2D eigenvalue weighted by atomic mass is 9.53. The molecule has 1 aromatic rings. The second-order valence-electron chi connectivity index (χ2n) is 8.65. The van der Waals surface area contributed by atoms with Gasteiger partial charge < -0.3 is 0 Å². The minimum atomic E-state index is -0.386. The number of rotatable bonds is 3. The van der Waals surface area contributed by atoms with Gasteiger partial charge in [-0.1, -0.05) is 17.7 Å². The molecule has 1 heterocycles. The van der Waals surface area contributed by atoms with E-state index >= 15 is 0 Å². The molecule has 6 rings (SSSR count). The highest BCUT2D eigenvalue weighted by Crippen LogP contribution is 2.55. The van der Waals surface area contributed by atoms with Crippen LogP contribution in [0.25, 0.3) is 0 Å². The molecule has 132 valence electrons. The van der Waals surface area contributed by atoms with Crippen LogP contribution in [0.2, 0.25) is 5.02 Å². The SMILES string of the molecule is O=C1C[C@@H](NC23CC4CC(CC(C4)C2)C3)C(=O)N1c1cccc(Cl)c1. The third-order valence-corrected chi connectivity index (χ3v) is 6.97. The smallest absolute Gasteiger partial charge is 0.251 e. The molecule has 5 fully saturated rings. The normalized spacial score (nSPS) is 39.5. The van der Waals surface area contributed by atoms with Crippen LogP contribution in [0.4, 0.5) is 5.69 Å². The number of imide groups is 1. The molecule has 0 aromatic heterocycles. The molecule has 4 nitrogen and oxygen atoms in total. The van der Waals surface area contributed by atoms with E-state index in [1.807, 2.05) is 0 Å². The van der Waals surface area contributed by atoms with E-state index in [0.717, 1.165) is 17.8 Å². The molecule has 1 aliphatic heterocycles. The van der Waals surface area contributed by atoms with E-state index in [4.69, 9.17) is 11.6 Å². The average Bonchev–Trinajstić information content (AvgIpc) is 2.79. The molecule has 1 N–H and O–H groups in total. The lowest BCUT2D eigenvalue weighted by molar-refractivity contribution is -0.122. The maximum absolute atomic E-state index is 13.0. The minimum absolute atomic E-state index is 0.0830. The highest BCUT2D eigenvalue weighted by molar-refractivity contribution is 6.31. The van der Waals surface area contributed by atoms with Gasteiger partial charge >= 0.3 is 0 Å². The Bertz CT molecular complexity index is 712. The molecule has 1 aromatic carbocycles. The number of carbonyl (C=O) groups is 2. The molecule has 1 saturated heterocycles. The lowest BCUT2D eigenvalue weighted by Crippen LogP contribution is -2.61. The van der Waals surface area contributed by atoms with Gasteiger partial charge in [0.05, 0.1) is 18.2 Å². The van der Waals surface area contributed by atoms with Crippen molar-refractivity contribution in [2.45, 2.75) is 56.5 Å². The predicted octanol–water partition coefficient (Wildman–Crippen LogP) is 3.53. The van der Waals surface area contributed by atoms with Crippen LogP contribution in [0, 0.1) is 17.8 Å². The summed E-state index contributed by atoms with van der Waals surface area (Å²) < 4.78 is 0. The fourth-order valence-electron chi connectivity index (χ4n) is 6.29. The van der Waals surface area contributed by atoms with Crippen LogP contribution in [-0.2, 0) is 9.59 Å². The summed E-state index contributed by atoms with van der Waals surface area (Å²) in [6.45, 7) is 0. The van der Waals surface area contributed by atoms with Crippen molar-refractivity contribution in [3.8, 4) is 0 Å². The summed E-state index contributed by atoms with van der Waals surface area (Å²) in [5.41, 5.74) is 0.664. The van der Waals surface area contributed by atoms with E-state index in [-0.39, 0.29) is 29.8 Å². The summed E-state index contributed by atoms with van der Waals surface area (Å²) >= 11 is 6.03. The molecule has 0 unspecified atom stereocenters. The monoisotopic (exact) mass is 358 g/mol. The number of amides is 2. The van der Waals surface area contributed by atoms with Gasteiger partial charge in [-0.25, -0.2) is 4.90 Å². The maximum atomic E-state index is 13.0. The molecule has 0 radical (unpaired) electrons. The zero-order chi connectivity index (χ0) is 17.2. The molecule has 1 atom stereocenters. The predicted molar refractivity (Wildman–Crippen MR) is 96.4 cm³/mol. The average molecular weight is 359 g/mol. The summed E-state index contributed by atoms with van der Waals surface area (Å²) in [6, 6.07) is 6.60. The zero-order valence-electron chi connectivity index (χ0n) is 14.2. The Balaban J connectivity index is 1.37. The van der Waals surface area contributed by atoms with Crippen LogP contribution in [-0.4, -0.2) is 23.4 Å². The first-order valence-corrected chi connectivity index (χ1v) is 9.79. The largest absolute Gasteiger partial charge is 0.300 e. The molecule has 5 aliphatic rings. The Hall–Kier alpha value is -1.39. The first-order valence-electron chi connectivity index (χ1n) is 9.41. The van der Waals surface area contributed by atoms with Gasteiger partial charge in [-0.15, -0.1) is 0 Å². The fraction of sp³-hybridized carbons (Fsp3) is 0.600. The van der Waals surface area contributed by atoms with Crippen molar-refractivity contribution in [1.29, 1.82) is 0 Å². The van der Waals surface area contributed by atoms with Crippen molar-refractivity contribution in [1.82, 2.24) is 5.32 Å². The zero-order valence-corrected chi connectivity index (χ0v) is 15.0. The Morgan fingerprint density at radius 3 is 2.28 bits per heavy atom. The van der Waals surface area contributed by atoms with Gasteiger partial charge in [0.25, 0.3) is 5.91 Å². The standard InChI is InChI=1S/C20H23ClN2O2/c21-15-2-1-3-16(7-15)23-18(24)8-17(19(23)25)22-20-9-12-4-13(10-20)6-14(5-12)11-20/h1-3,7,12-14,17,22H,4-6,8-11H2/t12?,13?,14?,17-,20?/m1/s1. The number of benzene rings is 1. The molecule has 4 bridgehead atoms. The third-order valence-electron chi connectivity index (χ3n) is 6.73. The topological polar surface area (TPSA) is 49.4 Å². The molecule has 5 heteroatoms. The Labute approximate surface area is 152 Å². The summed E-state index contributed by atoms with van der Waals surface area (Å²) in [5, 5.41) is 4.21. The lowest BCUT2D eigenvalue weighted by Gasteiger charge is -2.57. The van der Waals surface area contributed by atoms with Crippen LogP contribution in [0.3, 0.4) is 0 Å². The van der Waals surface area contributed by atoms with Crippen molar-refractivity contribution in [3.63, 3.8) is 0 Å². The molecular formula is C20H23ClN2O2. The number of carbonyl (C=O) groups excluding carboxylic acids is 2. The molecule has 25 heavy (non-hydrogen) atoms. The van der Waals surface area contributed by atoms with Crippen LogP contribution in [0.1, 0.15) is 44.9 Å². The van der Waals surface area contributed by atoms with E-state index in [1.54, 1.807) is 24.3 Å². The second kappa shape index (κ2) is 5.55. The third kappa shape index (κ3) is 2.61. The summed E-state index contributed by atoms with van der Waals surface area (Å²) in [7, 11) is 0. The summed E-state index contributed by atoms with van der Waals surface area (Å²) in [5.74, 6) is 2.19. The van der Waals surface area contributed by atoms with Crippen LogP contribution in [0.15, 0.2) is 24.3 Å². The van der Waals surface area contributed by atoms with Crippen molar-refractivity contribution >= 4 is 29.1 Å². The minimum Gasteiger partial charge on any atom is -0.300 e. The number of halogens is 1. The second-order valence-corrected chi connectivity index (χ2v) is 9.08. The highest BCUT2D eigenvalue weighted by atomic mass is 35.5. The summed E-state index contributed by atoms with van der Waals surface area (Å²) in [6.07, 6.45) is 7.89. The molecule has 4 saturated carbocycles. The van der Waals surface area contributed by atoms with Crippen LogP contribution >= 0.6 is 11.6 Å². The Kier molecular flexibility index (Phi) is 3.52. The molecule has 0 spiro atoms. The van der Waals surface area contributed by atoms with Gasteiger partial charge in [0.2, 0.25) is 5.91 Å². The fourth-order valence-corrected chi connectivity index (χ4v) is 6.47. The van der Waals surface area contributed by atoms with Gasteiger partial charge in [-0.2, -0.15) is 0 Å². The van der Waals surface area contributed by atoms with Gasteiger partial charge in [0, 0.05) is 10.6 Å². The molecule has 4 aliphatic carbocycles. The molecule has 2 amide bonds. The number of nitrogens with one attached hydrogen (secondary N) is 1. The summed E-state index contributed by atoms with van der Waals surface area (Å²) in [4.78, 5) is 26.8. The van der Waals surface area contributed by atoms with Crippen molar-refractivity contribution in [2.75, 3.05) is 4.90 Å². The van der Waals surface area contributed by atoms with Crippen molar-refractivity contribution in [3.05, 3.63) is 29.3 Å². The van der Waals surface area contributed by atoms with Gasteiger partial charge in [0.15, 0.2) is 0 Å². The van der Waals surface area contributed by atoms with E-state index in [2.05, 4.69) is 5.32 Å². The number of hydrogen-bond donors (Lipinski definition) is 1. The highest BCUT2D eigenvalue weighted by Gasteiger charge is 2.53. The Morgan fingerprint density at radius 1 is 1.04 bits per heavy atom. The Morgan fingerprint density at radius 2 is 1.68 bits per heavy atom. The van der Waals surface area contributed by atoms with Gasteiger partial charge in [-0.05, 0) is 74.5 Å². The maximum Gasteiger partial charge on any atom is 0.251 e. The van der Waals surface area contributed by atoms with E-state index in [1.165, 1.54) is 43.4 Å². The number of anilines is 1. The van der Waals surface area contributed by atoms with Gasteiger partial charge in [-0.3, -0.25) is 14.9 Å².